The van der Waals surface area contributed by atoms with E-state index < -0.39 is 0 Å². The molecule has 0 spiro atoms. The number of carbonyl (C=O) groups is 2. The lowest BCUT2D eigenvalue weighted by atomic mass is 9.98. The zero-order valence-electron chi connectivity index (χ0n) is 11.0. The lowest BCUT2D eigenvalue weighted by Crippen LogP contribution is -2.60. The number of rotatable bonds is 3. The van der Waals surface area contributed by atoms with Crippen LogP contribution >= 0.6 is 0 Å². The number of aliphatic hydroxyl groups excluding tert-OH is 1. The van der Waals surface area contributed by atoms with E-state index in [0.717, 1.165) is 25.7 Å². The maximum Gasteiger partial charge on any atom is 0.245 e. The summed E-state index contributed by atoms with van der Waals surface area (Å²) < 4.78 is 0. The summed E-state index contributed by atoms with van der Waals surface area (Å²) in [5.74, 6) is 0.112. The molecule has 5 heteroatoms. The number of hydrogen-bond donors (Lipinski definition) is 1. The molecule has 2 fully saturated rings. The smallest absolute Gasteiger partial charge is 0.245 e. The highest BCUT2D eigenvalue weighted by Crippen LogP contribution is 2.22. The first-order valence-electron chi connectivity index (χ1n) is 6.89. The van der Waals surface area contributed by atoms with Crippen LogP contribution in [0.5, 0.6) is 0 Å². The molecule has 2 aliphatic rings. The summed E-state index contributed by atoms with van der Waals surface area (Å²) in [4.78, 5) is 27.7. The van der Waals surface area contributed by atoms with Crippen LogP contribution < -0.4 is 0 Å². The van der Waals surface area contributed by atoms with Crippen molar-refractivity contribution in [1.29, 1.82) is 0 Å². The van der Waals surface area contributed by atoms with Crippen molar-refractivity contribution in [2.75, 3.05) is 19.6 Å². The molecule has 18 heavy (non-hydrogen) atoms. The zero-order chi connectivity index (χ0) is 13.1. The molecule has 2 saturated heterocycles. The van der Waals surface area contributed by atoms with Gasteiger partial charge < -0.3 is 14.9 Å². The Hall–Kier alpha value is -1.10. The minimum Gasteiger partial charge on any atom is -0.389 e. The van der Waals surface area contributed by atoms with Crippen molar-refractivity contribution in [3.8, 4) is 0 Å². The lowest BCUT2D eigenvalue weighted by molar-refractivity contribution is -0.154. The van der Waals surface area contributed by atoms with Gasteiger partial charge in [0, 0.05) is 26.1 Å². The quantitative estimate of drug-likeness (QED) is 0.791. The van der Waals surface area contributed by atoms with Crippen LogP contribution in [0.2, 0.25) is 0 Å². The van der Waals surface area contributed by atoms with Crippen molar-refractivity contribution >= 4 is 11.8 Å². The lowest BCUT2D eigenvalue weighted by Gasteiger charge is -2.42. The molecule has 0 bridgehead atoms. The Labute approximate surface area is 108 Å². The predicted octanol–water partition coefficient (Wildman–Crippen LogP) is 0.371. The minimum atomic E-state index is -0.377. The van der Waals surface area contributed by atoms with Crippen LogP contribution in [-0.4, -0.2) is 58.5 Å². The van der Waals surface area contributed by atoms with Crippen molar-refractivity contribution in [3.05, 3.63) is 0 Å². The van der Waals surface area contributed by atoms with Gasteiger partial charge in [0.05, 0.1) is 6.10 Å². The van der Waals surface area contributed by atoms with E-state index in [9.17, 15) is 14.7 Å². The van der Waals surface area contributed by atoms with Gasteiger partial charge in [-0.3, -0.25) is 9.59 Å². The standard InChI is InChI=1S/C13H22N2O3/c1-2-5-12(17)15-7-4-3-6-11(15)13(18)14-8-10(16)9-14/h10-11,16H,2-9H2,1H3. The predicted molar refractivity (Wildman–Crippen MR) is 66.8 cm³/mol. The third-order valence-electron chi connectivity index (χ3n) is 3.75. The molecule has 2 amide bonds. The Balaban J connectivity index is 1.98. The van der Waals surface area contributed by atoms with Crippen LogP contribution in [0.1, 0.15) is 39.0 Å². The van der Waals surface area contributed by atoms with Crippen molar-refractivity contribution < 1.29 is 14.7 Å². The molecular formula is C13H22N2O3. The monoisotopic (exact) mass is 254 g/mol. The third-order valence-corrected chi connectivity index (χ3v) is 3.75. The van der Waals surface area contributed by atoms with Crippen molar-refractivity contribution in [3.63, 3.8) is 0 Å². The summed E-state index contributed by atoms with van der Waals surface area (Å²) >= 11 is 0. The Bertz CT molecular complexity index is 326. The van der Waals surface area contributed by atoms with Crippen LogP contribution in [0.4, 0.5) is 0 Å². The number of piperidine rings is 1. The molecule has 0 radical (unpaired) electrons. The second-order valence-corrected chi connectivity index (χ2v) is 5.25. The van der Waals surface area contributed by atoms with Gasteiger partial charge >= 0.3 is 0 Å². The molecule has 0 saturated carbocycles. The Morgan fingerprint density at radius 3 is 2.61 bits per heavy atom. The minimum absolute atomic E-state index is 0.0180. The summed E-state index contributed by atoms with van der Waals surface area (Å²) in [6.45, 7) is 3.52. The summed E-state index contributed by atoms with van der Waals surface area (Å²) in [6.07, 6.45) is 3.72. The highest BCUT2D eigenvalue weighted by molar-refractivity contribution is 5.88. The number of amides is 2. The zero-order valence-corrected chi connectivity index (χ0v) is 11.0. The first kappa shape index (κ1) is 13.3. The van der Waals surface area contributed by atoms with Gasteiger partial charge in [0.15, 0.2) is 0 Å². The molecule has 2 aliphatic heterocycles. The molecule has 5 nitrogen and oxygen atoms in total. The van der Waals surface area contributed by atoms with Gasteiger partial charge in [-0.1, -0.05) is 6.92 Å². The maximum absolute atomic E-state index is 12.3. The van der Waals surface area contributed by atoms with Crippen LogP contribution in [0.25, 0.3) is 0 Å². The molecule has 1 atom stereocenters. The molecule has 0 aromatic carbocycles. The summed E-state index contributed by atoms with van der Waals surface area (Å²) in [7, 11) is 0. The van der Waals surface area contributed by atoms with Crippen molar-refractivity contribution in [2.45, 2.75) is 51.2 Å². The summed E-state index contributed by atoms with van der Waals surface area (Å²) in [6, 6.07) is -0.287. The average Bonchev–Trinajstić information content (AvgIpc) is 2.34. The van der Waals surface area contributed by atoms with E-state index >= 15 is 0 Å². The number of carbonyl (C=O) groups excluding carboxylic acids is 2. The second-order valence-electron chi connectivity index (χ2n) is 5.25. The molecule has 0 aliphatic carbocycles. The first-order valence-corrected chi connectivity index (χ1v) is 6.89. The van der Waals surface area contributed by atoms with E-state index in [2.05, 4.69) is 0 Å². The average molecular weight is 254 g/mol. The van der Waals surface area contributed by atoms with Gasteiger partial charge in [0.2, 0.25) is 11.8 Å². The maximum atomic E-state index is 12.3. The van der Waals surface area contributed by atoms with Gasteiger partial charge in [0.1, 0.15) is 6.04 Å². The summed E-state index contributed by atoms with van der Waals surface area (Å²) in [5.41, 5.74) is 0. The highest BCUT2D eigenvalue weighted by Gasteiger charge is 2.38. The highest BCUT2D eigenvalue weighted by atomic mass is 16.3. The molecule has 1 unspecified atom stereocenters. The van der Waals surface area contributed by atoms with Crippen LogP contribution in [0, 0.1) is 0 Å². The van der Waals surface area contributed by atoms with E-state index in [-0.39, 0.29) is 24.0 Å². The van der Waals surface area contributed by atoms with Gasteiger partial charge in [-0.2, -0.15) is 0 Å². The van der Waals surface area contributed by atoms with Gasteiger partial charge in [-0.25, -0.2) is 0 Å². The molecule has 1 N–H and O–H groups in total. The Kier molecular flexibility index (Phi) is 4.22. The fourth-order valence-electron chi connectivity index (χ4n) is 2.69. The number of nitrogens with zero attached hydrogens (tertiary/aromatic N) is 2. The Morgan fingerprint density at radius 2 is 2.00 bits per heavy atom. The van der Waals surface area contributed by atoms with Crippen molar-refractivity contribution in [1.82, 2.24) is 9.80 Å². The fourth-order valence-corrected chi connectivity index (χ4v) is 2.69. The Morgan fingerprint density at radius 1 is 1.28 bits per heavy atom. The van der Waals surface area contributed by atoms with E-state index in [1.807, 2.05) is 6.92 Å². The summed E-state index contributed by atoms with van der Waals surface area (Å²) in [5, 5.41) is 9.25. The van der Waals surface area contributed by atoms with E-state index in [4.69, 9.17) is 0 Å². The number of hydrogen-bond acceptors (Lipinski definition) is 3. The number of aliphatic hydroxyl groups is 1. The van der Waals surface area contributed by atoms with Crippen LogP contribution in [0.3, 0.4) is 0 Å². The fraction of sp³-hybridized carbons (Fsp3) is 0.846. The van der Waals surface area contributed by atoms with E-state index in [1.165, 1.54) is 0 Å². The molecule has 0 aromatic rings. The topological polar surface area (TPSA) is 60.9 Å². The van der Waals surface area contributed by atoms with Gasteiger partial charge in [-0.15, -0.1) is 0 Å². The SMILES string of the molecule is CCCC(=O)N1CCCCC1C(=O)N1CC(O)C1. The van der Waals surface area contributed by atoms with Crippen LogP contribution in [-0.2, 0) is 9.59 Å². The molecule has 2 rings (SSSR count). The molecule has 0 aromatic heterocycles. The molecular weight excluding hydrogens is 232 g/mol. The van der Waals surface area contributed by atoms with Crippen molar-refractivity contribution in [2.24, 2.45) is 0 Å². The molecule has 2 heterocycles. The van der Waals surface area contributed by atoms with E-state index in [0.29, 0.717) is 26.1 Å². The number of β-amino-alcohol motifs (C(OH)–C–C–N with tert-alkyl or cyclic N) is 1. The first-order chi connectivity index (χ1) is 8.63. The number of likely N-dealkylation sites (tertiary alicyclic amines) is 2. The third kappa shape index (κ3) is 2.66. The molecule has 102 valence electrons. The largest absolute Gasteiger partial charge is 0.389 e. The van der Waals surface area contributed by atoms with Crippen LogP contribution in [0.15, 0.2) is 0 Å². The normalized spacial score (nSPS) is 24.9. The van der Waals surface area contributed by atoms with Gasteiger partial charge in [-0.05, 0) is 25.7 Å². The van der Waals surface area contributed by atoms with Gasteiger partial charge in [0.25, 0.3) is 0 Å². The van der Waals surface area contributed by atoms with E-state index in [1.54, 1.807) is 9.80 Å². The second kappa shape index (κ2) is 5.69.